The highest BCUT2D eigenvalue weighted by atomic mass is 79.9. The van der Waals surface area contributed by atoms with Gasteiger partial charge in [-0.2, -0.15) is 0 Å². The van der Waals surface area contributed by atoms with Crippen LogP contribution in [0.4, 0.5) is 10.1 Å². The number of anilines is 1. The van der Waals surface area contributed by atoms with Crippen molar-refractivity contribution < 1.29 is 33.4 Å². The van der Waals surface area contributed by atoms with Crippen molar-refractivity contribution in [3.8, 4) is 0 Å². The second-order valence-corrected chi connectivity index (χ2v) is 10.4. The molecule has 9 nitrogen and oxygen atoms in total. The first kappa shape index (κ1) is 29.3. The first-order valence-electron chi connectivity index (χ1n) is 12.9. The van der Waals surface area contributed by atoms with Crippen molar-refractivity contribution in [1.29, 1.82) is 0 Å². The topological polar surface area (TPSA) is 117 Å². The van der Waals surface area contributed by atoms with Crippen LogP contribution >= 0.6 is 15.9 Å². The van der Waals surface area contributed by atoms with Gasteiger partial charge in [0.15, 0.2) is 0 Å². The summed E-state index contributed by atoms with van der Waals surface area (Å²) in [5.41, 5.74) is 1.53. The van der Waals surface area contributed by atoms with E-state index in [-0.39, 0.29) is 42.8 Å². The monoisotopic (exact) mass is 613 g/mol. The van der Waals surface area contributed by atoms with Gasteiger partial charge in [-0.1, -0.05) is 18.2 Å². The Morgan fingerprint density at radius 2 is 1.98 bits per heavy atom. The van der Waals surface area contributed by atoms with Gasteiger partial charge in [-0.25, -0.2) is 4.39 Å². The molecule has 3 unspecified atom stereocenters. The zero-order chi connectivity index (χ0) is 29.0. The van der Waals surface area contributed by atoms with Crippen LogP contribution < -0.4 is 4.90 Å². The molecular formula is C29H29BrFN3O6. The SMILES string of the molecule is CCOC(=O)C(C)C(O)c1ncc(CC2C=CC(F)=CC2)c(Br)c1N(C=O)CCN1C(=O)c2ccccc2C1=O. The Balaban J connectivity index is 1.66. The molecule has 0 saturated heterocycles. The fourth-order valence-electron chi connectivity index (χ4n) is 4.74. The number of ether oxygens (including phenoxy) is 1. The van der Waals surface area contributed by atoms with E-state index < -0.39 is 29.8 Å². The first-order valence-corrected chi connectivity index (χ1v) is 13.7. The average molecular weight is 614 g/mol. The number of esters is 1. The molecule has 1 N–H and O–H groups in total. The van der Waals surface area contributed by atoms with E-state index in [1.54, 1.807) is 43.5 Å². The number of halogens is 2. The third-order valence-corrected chi connectivity index (χ3v) is 7.87. The number of rotatable bonds is 11. The lowest BCUT2D eigenvalue weighted by Gasteiger charge is -2.28. The number of benzene rings is 1. The molecule has 3 atom stereocenters. The molecule has 1 aromatic carbocycles. The van der Waals surface area contributed by atoms with Gasteiger partial charge in [-0.3, -0.25) is 29.1 Å². The molecule has 11 heteroatoms. The van der Waals surface area contributed by atoms with E-state index in [0.29, 0.717) is 40.4 Å². The number of aromatic nitrogens is 1. The molecule has 0 radical (unpaired) electrons. The van der Waals surface area contributed by atoms with Crippen molar-refractivity contribution in [2.24, 2.45) is 11.8 Å². The van der Waals surface area contributed by atoms with Crippen LogP contribution in [0.2, 0.25) is 0 Å². The van der Waals surface area contributed by atoms with Gasteiger partial charge in [0.05, 0.1) is 35.0 Å². The summed E-state index contributed by atoms with van der Waals surface area (Å²) >= 11 is 3.57. The summed E-state index contributed by atoms with van der Waals surface area (Å²) in [6, 6.07) is 6.49. The van der Waals surface area contributed by atoms with Crippen LogP contribution in [0.25, 0.3) is 0 Å². The number of hydrogen-bond acceptors (Lipinski definition) is 7. The highest BCUT2D eigenvalue weighted by molar-refractivity contribution is 9.10. The molecule has 40 heavy (non-hydrogen) atoms. The molecule has 0 bridgehead atoms. The second-order valence-electron chi connectivity index (χ2n) is 9.57. The lowest BCUT2D eigenvalue weighted by Crippen LogP contribution is -2.39. The predicted molar refractivity (Wildman–Crippen MR) is 148 cm³/mol. The third kappa shape index (κ3) is 5.90. The van der Waals surface area contributed by atoms with Gasteiger partial charge in [0.1, 0.15) is 11.9 Å². The van der Waals surface area contributed by atoms with Crippen molar-refractivity contribution >= 4 is 45.8 Å². The number of aliphatic hydroxyl groups excluding tert-OH is 1. The molecule has 0 fully saturated rings. The van der Waals surface area contributed by atoms with Crippen molar-refractivity contribution in [2.45, 2.75) is 32.8 Å². The molecule has 0 spiro atoms. The van der Waals surface area contributed by atoms with Gasteiger partial charge < -0.3 is 14.7 Å². The summed E-state index contributed by atoms with van der Waals surface area (Å²) < 4.78 is 19.0. The largest absolute Gasteiger partial charge is 0.466 e. The highest BCUT2D eigenvalue weighted by Crippen LogP contribution is 2.39. The summed E-state index contributed by atoms with van der Waals surface area (Å²) in [6.07, 6.45) is 6.22. The lowest BCUT2D eigenvalue weighted by atomic mass is 9.92. The maximum atomic E-state index is 13.5. The Morgan fingerprint density at radius 1 is 1.30 bits per heavy atom. The Kier molecular flexibility index (Phi) is 9.26. The van der Waals surface area contributed by atoms with Gasteiger partial charge in [-0.05, 0) is 78.4 Å². The van der Waals surface area contributed by atoms with E-state index in [2.05, 4.69) is 20.9 Å². The van der Waals surface area contributed by atoms with Crippen LogP contribution in [0.5, 0.6) is 0 Å². The number of hydrogen-bond donors (Lipinski definition) is 1. The van der Waals surface area contributed by atoms with Crippen LogP contribution in [-0.2, 0) is 20.7 Å². The van der Waals surface area contributed by atoms with Gasteiger partial charge in [0, 0.05) is 23.8 Å². The van der Waals surface area contributed by atoms with E-state index in [9.17, 15) is 28.7 Å². The van der Waals surface area contributed by atoms with Gasteiger partial charge >= 0.3 is 5.97 Å². The van der Waals surface area contributed by atoms with Crippen LogP contribution in [0.3, 0.4) is 0 Å². The number of amides is 3. The van der Waals surface area contributed by atoms with Crippen LogP contribution in [0.1, 0.15) is 58.3 Å². The Bertz CT molecular complexity index is 1360. The summed E-state index contributed by atoms with van der Waals surface area (Å²) in [4.78, 5) is 57.3. The summed E-state index contributed by atoms with van der Waals surface area (Å²) in [5.74, 6) is -2.88. The van der Waals surface area contributed by atoms with E-state index in [1.165, 1.54) is 24.0 Å². The standard InChI is InChI=1S/C29H29BrFN3O6/c1-3-40-29(39)17(2)26(36)24-25(23(30)19(15-32-24)14-18-8-10-20(31)11-9-18)33(16-35)12-13-34-27(37)21-6-4-5-7-22(21)28(34)38/h4-8,10-11,15-18,26,36H,3,9,12-14H2,1-2H3. The summed E-state index contributed by atoms with van der Waals surface area (Å²) in [6.45, 7) is 3.07. The molecule has 4 rings (SSSR count). The molecule has 2 aliphatic rings. The molecule has 1 aliphatic carbocycles. The minimum Gasteiger partial charge on any atom is -0.466 e. The highest BCUT2D eigenvalue weighted by Gasteiger charge is 2.36. The summed E-state index contributed by atoms with van der Waals surface area (Å²) in [7, 11) is 0. The molecule has 0 saturated carbocycles. The van der Waals surface area contributed by atoms with Gasteiger partial charge in [-0.15, -0.1) is 0 Å². The number of imide groups is 1. The maximum absolute atomic E-state index is 13.5. The van der Waals surface area contributed by atoms with Crippen molar-refractivity contribution in [1.82, 2.24) is 9.88 Å². The smallest absolute Gasteiger partial charge is 0.311 e. The van der Waals surface area contributed by atoms with Gasteiger partial charge in [0.25, 0.3) is 11.8 Å². The van der Waals surface area contributed by atoms with E-state index in [1.807, 2.05) is 0 Å². The number of fused-ring (bicyclic) bond motifs is 1. The number of aliphatic hydroxyl groups is 1. The fraction of sp³-hybridized carbons (Fsp3) is 0.345. The number of carbonyl (C=O) groups is 4. The van der Waals surface area contributed by atoms with Gasteiger partial charge in [0.2, 0.25) is 6.41 Å². The molecule has 210 valence electrons. The Morgan fingerprint density at radius 3 is 2.55 bits per heavy atom. The van der Waals surface area contributed by atoms with E-state index >= 15 is 0 Å². The normalized spacial score (nSPS) is 17.8. The van der Waals surface area contributed by atoms with Crippen molar-refractivity contribution in [3.05, 3.63) is 81.4 Å². The van der Waals surface area contributed by atoms with Crippen LogP contribution in [0.15, 0.2) is 59.0 Å². The van der Waals surface area contributed by atoms with Crippen LogP contribution in [0, 0.1) is 11.8 Å². The Labute approximate surface area is 239 Å². The fourth-order valence-corrected chi connectivity index (χ4v) is 5.44. The zero-order valence-electron chi connectivity index (χ0n) is 22.0. The maximum Gasteiger partial charge on any atom is 0.311 e. The van der Waals surface area contributed by atoms with Crippen LogP contribution in [-0.4, -0.2) is 58.9 Å². The molecule has 2 heterocycles. The minimum absolute atomic E-state index is 0.0253. The minimum atomic E-state index is -1.42. The lowest BCUT2D eigenvalue weighted by molar-refractivity contribution is -0.151. The number of allylic oxidation sites excluding steroid dienone is 4. The zero-order valence-corrected chi connectivity index (χ0v) is 23.6. The molecule has 2 aromatic rings. The molecule has 1 aliphatic heterocycles. The quantitative estimate of drug-likeness (QED) is 0.228. The van der Waals surface area contributed by atoms with Crippen molar-refractivity contribution in [3.63, 3.8) is 0 Å². The van der Waals surface area contributed by atoms with E-state index in [4.69, 9.17) is 4.74 Å². The van der Waals surface area contributed by atoms with Crippen molar-refractivity contribution in [2.75, 3.05) is 24.6 Å². The predicted octanol–water partition coefficient (Wildman–Crippen LogP) is 4.31. The summed E-state index contributed by atoms with van der Waals surface area (Å²) in [5, 5.41) is 11.2. The molecule has 3 amide bonds. The number of nitrogens with zero attached hydrogens (tertiary/aromatic N) is 3. The first-order chi connectivity index (χ1) is 19.2. The van der Waals surface area contributed by atoms with E-state index in [0.717, 1.165) is 4.90 Å². The number of pyridine rings is 1. The molecule has 1 aromatic heterocycles. The molecular weight excluding hydrogens is 585 g/mol. The third-order valence-electron chi connectivity index (χ3n) is 6.99. The Hall–Kier alpha value is -3.70. The average Bonchev–Trinajstić information content (AvgIpc) is 3.20. The number of carbonyl (C=O) groups excluding carboxylic acids is 4. The second kappa shape index (κ2) is 12.6.